The molecule has 32 heavy (non-hydrogen) atoms. The van der Waals surface area contributed by atoms with Gasteiger partial charge in [0.25, 0.3) is 10.0 Å². The number of nitrogens with zero attached hydrogens (tertiary/aromatic N) is 4. The fourth-order valence-corrected chi connectivity index (χ4v) is 5.04. The van der Waals surface area contributed by atoms with E-state index in [0.29, 0.717) is 23.0 Å². The number of fused-ring (bicyclic) bond motifs is 1. The minimum absolute atomic E-state index is 0.216. The molecule has 0 aliphatic rings. The summed E-state index contributed by atoms with van der Waals surface area (Å²) in [7, 11) is -0.188. The Hall–Kier alpha value is -3.39. The number of para-hydroxylation sites is 1. The predicted octanol–water partition coefficient (Wildman–Crippen LogP) is 3.54. The van der Waals surface area contributed by atoms with E-state index in [1.54, 1.807) is 37.4 Å². The van der Waals surface area contributed by atoms with Crippen molar-refractivity contribution in [1.29, 1.82) is 5.41 Å². The number of sulfonamides is 1. The summed E-state index contributed by atoms with van der Waals surface area (Å²) in [6.07, 6.45) is 2.62. The third-order valence-electron chi connectivity index (χ3n) is 6.10. The van der Waals surface area contributed by atoms with E-state index in [1.165, 1.54) is 4.31 Å². The first kappa shape index (κ1) is 21.8. The van der Waals surface area contributed by atoms with Crippen LogP contribution in [-0.4, -0.2) is 29.6 Å². The van der Waals surface area contributed by atoms with Crippen LogP contribution in [-0.2, 0) is 30.0 Å². The largest absolute Gasteiger partial charge is 0.351 e. The number of aryl methyl sites for hydroxylation is 3. The van der Waals surface area contributed by atoms with Crippen molar-refractivity contribution < 1.29 is 8.42 Å². The Morgan fingerprint density at radius 3 is 2.50 bits per heavy atom. The van der Waals surface area contributed by atoms with Gasteiger partial charge in [0.05, 0.1) is 27.0 Å². The molecule has 0 spiro atoms. The summed E-state index contributed by atoms with van der Waals surface area (Å²) < 4.78 is 31.7. The first-order chi connectivity index (χ1) is 15.2. The maximum absolute atomic E-state index is 13.1. The molecule has 0 unspecified atom stereocenters. The molecule has 2 heterocycles. The second-order valence-electron chi connectivity index (χ2n) is 7.93. The number of hydrogen-bond acceptors (Lipinski definition) is 4. The second-order valence-corrected chi connectivity index (χ2v) is 9.90. The molecule has 4 aromatic rings. The van der Waals surface area contributed by atoms with E-state index in [9.17, 15) is 8.42 Å². The Bertz CT molecular complexity index is 1450. The van der Waals surface area contributed by atoms with Crippen LogP contribution >= 0.6 is 0 Å². The number of imidazole rings is 1. The minimum Gasteiger partial charge on any atom is -0.351 e. The molecule has 1 N–H and O–H groups in total. The molecule has 0 saturated heterocycles. The topological polar surface area (TPSA) is 84.0 Å². The number of anilines is 1. The number of nitrogens with one attached hydrogen (secondary N) is 1. The van der Waals surface area contributed by atoms with Gasteiger partial charge >= 0.3 is 0 Å². The summed E-state index contributed by atoms with van der Waals surface area (Å²) in [6.45, 7) is 4.70. The van der Waals surface area contributed by atoms with Gasteiger partial charge < -0.3 is 14.5 Å². The molecule has 8 heteroatoms. The Labute approximate surface area is 188 Å². The molecule has 0 fully saturated rings. The molecule has 0 radical (unpaired) electrons. The normalized spacial score (nSPS) is 11.8. The highest BCUT2D eigenvalue weighted by atomic mass is 32.2. The summed E-state index contributed by atoms with van der Waals surface area (Å²) >= 11 is 0. The highest BCUT2D eigenvalue weighted by Crippen LogP contribution is 2.25. The van der Waals surface area contributed by atoms with Crippen molar-refractivity contribution in [2.75, 3.05) is 11.4 Å². The molecular weight excluding hydrogens is 422 g/mol. The zero-order valence-electron chi connectivity index (χ0n) is 18.7. The first-order valence-electron chi connectivity index (χ1n) is 10.4. The first-order valence-corrected chi connectivity index (χ1v) is 11.8. The molecule has 0 saturated carbocycles. The van der Waals surface area contributed by atoms with Gasteiger partial charge in [-0.1, -0.05) is 18.2 Å². The summed E-state index contributed by atoms with van der Waals surface area (Å²) in [6, 6.07) is 15.9. The lowest BCUT2D eigenvalue weighted by atomic mass is 10.2. The second kappa shape index (κ2) is 8.27. The fourth-order valence-electron chi connectivity index (χ4n) is 3.82. The Morgan fingerprint density at radius 2 is 1.78 bits per heavy atom. The molecule has 0 amide bonds. The van der Waals surface area contributed by atoms with Crippen molar-refractivity contribution >= 4 is 26.7 Å². The van der Waals surface area contributed by atoms with Crippen LogP contribution in [0.15, 0.2) is 65.7 Å². The zero-order chi connectivity index (χ0) is 23.0. The maximum Gasteiger partial charge on any atom is 0.264 e. The van der Waals surface area contributed by atoms with Gasteiger partial charge in [-0.25, -0.2) is 13.4 Å². The Morgan fingerprint density at radius 1 is 1.06 bits per heavy atom. The van der Waals surface area contributed by atoms with Crippen LogP contribution in [0.3, 0.4) is 0 Å². The van der Waals surface area contributed by atoms with Crippen LogP contribution in [0.2, 0.25) is 0 Å². The Kier molecular flexibility index (Phi) is 5.64. The number of rotatable bonds is 6. The molecule has 4 rings (SSSR count). The van der Waals surface area contributed by atoms with E-state index in [0.717, 1.165) is 29.1 Å². The van der Waals surface area contributed by atoms with E-state index in [-0.39, 0.29) is 4.90 Å². The number of benzene rings is 2. The lowest BCUT2D eigenvalue weighted by Crippen LogP contribution is -2.26. The average Bonchev–Trinajstić information content (AvgIpc) is 3.12. The van der Waals surface area contributed by atoms with Gasteiger partial charge in [-0.05, 0) is 55.8 Å². The van der Waals surface area contributed by atoms with Gasteiger partial charge in [-0.15, -0.1) is 0 Å². The van der Waals surface area contributed by atoms with Crippen LogP contribution in [0.5, 0.6) is 0 Å². The highest BCUT2D eigenvalue weighted by molar-refractivity contribution is 7.92. The van der Waals surface area contributed by atoms with Crippen LogP contribution in [0.4, 0.5) is 5.69 Å². The van der Waals surface area contributed by atoms with Gasteiger partial charge in [0.1, 0.15) is 5.82 Å². The van der Waals surface area contributed by atoms with Gasteiger partial charge in [-0.3, -0.25) is 4.31 Å². The van der Waals surface area contributed by atoms with E-state index in [1.807, 2.05) is 55.9 Å². The van der Waals surface area contributed by atoms with Crippen LogP contribution in [0, 0.1) is 19.3 Å². The van der Waals surface area contributed by atoms with Gasteiger partial charge in [0.15, 0.2) is 0 Å². The number of aromatic nitrogens is 3. The molecule has 2 aromatic carbocycles. The molecule has 0 aliphatic carbocycles. The lowest BCUT2D eigenvalue weighted by Gasteiger charge is -2.19. The summed E-state index contributed by atoms with van der Waals surface area (Å²) in [5.41, 5.74) is 4.18. The van der Waals surface area contributed by atoms with E-state index < -0.39 is 10.0 Å². The summed E-state index contributed by atoms with van der Waals surface area (Å²) in [5, 5.41) is 8.47. The van der Waals surface area contributed by atoms with Crippen molar-refractivity contribution in [2.24, 2.45) is 7.05 Å². The molecule has 7 nitrogen and oxygen atoms in total. The van der Waals surface area contributed by atoms with Gasteiger partial charge in [-0.2, -0.15) is 0 Å². The average molecular weight is 450 g/mol. The van der Waals surface area contributed by atoms with Gasteiger partial charge in [0, 0.05) is 39.0 Å². The third kappa shape index (κ3) is 3.82. The zero-order valence-corrected chi connectivity index (χ0v) is 19.5. The van der Waals surface area contributed by atoms with E-state index in [4.69, 9.17) is 10.4 Å². The molecule has 0 bridgehead atoms. The van der Waals surface area contributed by atoms with Crippen LogP contribution in [0.25, 0.3) is 11.0 Å². The smallest absolute Gasteiger partial charge is 0.264 e. The standard InChI is InChI=1S/C24H27N5O2S/c1-17-18(2)29(14-12-21(17)25)15-13-24-26-22-16-20(10-11-23(22)27(24)3)32(30,31)28(4)19-8-6-5-7-9-19/h5-12,14,16,25H,13,15H2,1-4H3. The molecular formula is C24H27N5O2S. The van der Waals surface area contributed by atoms with Crippen molar-refractivity contribution in [3.63, 3.8) is 0 Å². The lowest BCUT2D eigenvalue weighted by molar-refractivity contribution is 0.594. The van der Waals surface area contributed by atoms with E-state index in [2.05, 4.69) is 4.57 Å². The van der Waals surface area contributed by atoms with Crippen LogP contribution in [0.1, 0.15) is 17.1 Å². The van der Waals surface area contributed by atoms with Gasteiger partial charge in [0.2, 0.25) is 0 Å². The minimum atomic E-state index is -3.69. The third-order valence-corrected chi connectivity index (χ3v) is 7.88. The molecule has 166 valence electrons. The molecule has 0 aliphatic heterocycles. The quantitative estimate of drug-likeness (QED) is 0.489. The summed E-state index contributed by atoms with van der Waals surface area (Å²) in [4.78, 5) is 4.95. The highest BCUT2D eigenvalue weighted by Gasteiger charge is 2.22. The van der Waals surface area contributed by atoms with E-state index >= 15 is 0 Å². The predicted molar refractivity (Wildman–Crippen MR) is 126 cm³/mol. The van der Waals surface area contributed by atoms with Crippen LogP contribution < -0.4 is 9.66 Å². The molecule has 2 aromatic heterocycles. The van der Waals surface area contributed by atoms with Crippen molar-refractivity contribution in [3.05, 3.63) is 83.2 Å². The molecule has 0 atom stereocenters. The van der Waals surface area contributed by atoms with Crippen molar-refractivity contribution in [3.8, 4) is 0 Å². The van der Waals surface area contributed by atoms with Crippen molar-refractivity contribution in [2.45, 2.75) is 31.7 Å². The SMILES string of the molecule is Cc1c(C)n(CCc2nc3cc(S(=O)(=O)N(C)c4ccccc4)ccc3n2C)ccc1=N. The Balaban J connectivity index is 1.64. The number of hydrogen-bond donors (Lipinski definition) is 1. The number of pyridine rings is 1. The van der Waals surface area contributed by atoms with Crippen molar-refractivity contribution in [1.82, 2.24) is 14.1 Å². The maximum atomic E-state index is 13.1. The monoisotopic (exact) mass is 449 g/mol. The summed E-state index contributed by atoms with van der Waals surface area (Å²) in [5.74, 6) is 0.880. The fraction of sp³-hybridized carbons (Fsp3) is 0.250.